The van der Waals surface area contributed by atoms with Crippen LogP contribution in [-0.2, 0) is 17.8 Å². The molecule has 5 rings (SSSR count). The summed E-state index contributed by atoms with van der Waals surface area (Å²) in [5.74, 6) is -0.206. The lowest BCUT2D eigenvalue weighted by molar-refractivity contribution is -0.133. The molecule has 2 aliphatic heterocycles. The Balaban J connectivity index is 1.33. The Labute approximate surface area is 248 Å². The number of carbonyl (C=O) groups is 2. The highest BCUT2D eigenvalue weighted by Gasteiger charge is 2.31. The SMILES string of the molecule is CSc1cccc(-c2cn(CC(=O)N3CCC(N4CCc5ccccc5NC4=O)CC3)c(=O)n(C(C)C)c2=O)c1Cl. The first kappa shape index (κ1) is 29.0. The van der Waals surface area contributed by atoms with Gasteiger partial charge in [-0.05, 0) is 57.1 Å². The van der Waals surface area contributed by atoms with Gasteiger partial charge in [0.2, 0.25) is 5.91 Å². The van der Waals surface area contributed by atoms with Crippen LogP contribution in [0.15, 0.2) is 63.1 Å². The van der Waals surface area contributed by atoms with Crippen LogP contribution in [0.3, 0.4) is 0 Å². The normalized spacial score (nSPS) is 16.0. The fourth-order valence-electron chi connectivity index (χ4n) is 5.66. The molecule has 3 amide bonds. The van der Waals surface area contributed by atoms with Crippen molar-refractivity contribution in [3.8, 4) is 11.1 Å². The van der Waals surface area contributed by atoms with Crippen LogP contribution >= 0.6 is 23.4 Å². The third-order valence-electron chi connectivity index (χ3n) is 7.88. The number of fused-ring (bicyclic) bond motifs is 1. The van der Waals surface area contributed by atoms with E-state index in [9.17, 15) is 19.2 Å². The van der Waals surface area contributed by atoms with Gasteiger partial charge < -0.3 is 15.1 Å². The Kier molecular flexibility index (Phi) is 8.60. The van der Waals surface area contributed by atoms with Gasteiger partial charge in [0.15, 0.2) is 0 Å². The Morgan fingerprint density at radius 2 is 1.76 bits per heavy atom. The number of amides is 3. The highest BCUT2D eigenvalue weighted by molar-refractivity contribution is 7.98. The van der Waals surface area contributed by atoms with Gasteiger partial charge in [-0.25, -0.2) is 9.59 Å². The molecule has 0 unspecified atom stereocenters. The van der Waals surface area contributed by atoms with E-state index in [1.807, 2.05) is 47.6 Å². The monoisotopic (exact) mass is 595 g/mol. The Morgan fingerprint density at radius 1 is 1.02 bits per heavy atom. The van der Waals surface area contributed by atoms with Crippen LogP contribution in [0.2, 0.25) is 5.02 Å². The van der Waals surface area contributed by atoms with E-state index < -0.39 is 17.3 Å². The standard InChI is InChI=1S/C30H34ClN5O4S/c1-19(2)36-28(38)23(22-8-6-10-25(41-3)27(22)31)17-34(30(36)40)18-26(37)33-14-12-21(13-15-33)35-16-11-20-7-4-5-9-24(20)32-29(35)39/h4-10,17,19,21H,11-16,18H2,1-3H3,(H,32,39). The fraction of sp³-hybridized carbons (Fsp3) is 0.400. The third-order valence-corrected chi connectivity index (χ3v) is 9.18. The van der Waals surface area contributed by atoms with Crippen LogP contribution in [0.5, 0.6) is 0 Å². The predicted octanol–water partition coefficient (Wildman–Crippen LogP) is 4.71. The van der Waals surface area contributed by atoms with Crippen molar-refractivity contribution < 1.29 is 9.59 Å². The van der Waals surface area contributed by atoms with E-state index in [0.29, 0.717) is 43.1 Å². The zero-order valence-electron chi connectivity index (χ0n) is 23.4. The number of anilines is 1. The van der Waals surface area contributed by atoms with Crippen molar-refractivity contribution in [2.45, 2.75) is 56.6 Å². The van der Waals surface area contributed by atoms with E-state index in [4.69, 9.17) is 11.6 Å². The van der Waals surface area contributed by atoms with Gasteiger partial charge in [-0.15, -0.1) is 11.8 Å². The van der Waals surface area contributed by atoms with Crippen LogP contribution in [0.25, 0.3) is 11.1 Å². The van der Waals surface area contributed by atoms with Gasteiger partial charge >= 0.3 is 11.7 Å². The molecule has 3 heterocycles. The molecule has 0 spiro atoms. The minimum absolute atomic E-state index is 0.0244. The molecule has 0 saturated carbocycles. The van der Waals surface area contributed by atoms with Crippen molar-refractivity contribution in [2.75, 3.05) is 31.2 Å². The van der Waals surface area contributed by atoms with E-state index in [0.717, 1.165) is 22.6 Å². The molecule has 1 saturated heterocycles. The zero-order chi connectivity index (χ0) is 29.3. The maximum Gasteiger partial charge on any atom is 0.331 e. The molecule has 41 heavy (non-hydrogen) atoms. The minimum Gasteiger partial charge on any atom is -0.341 e. The van der Waals surface area contributed by atoms with Gasteiger partial charge in [0, 0.05) is 54.1 Å². The minimum atomic E-state index is -0.532. The molecule has 2 aliphatic rings. The summed E-state index contributed by atoms with van der Waals surface area (Å²) in [6, 6.07) is 12.8. The van der Waals surface area contributed by atoms with Crippen LogP contribution in [0.1, 0.15) is 38.3 Å². The highest BCUT2D eigenvalue weighted by Crippen LogP contribution is 2.33. The van der Waals surface area contributed by atoms with Crippen molar-refractivity contribution in [1.29, 1.82) is 0 Å². The number of carbonyl (C=O) groups excluding carboxylic acids is 2. The van der Waals surface area contributed by atoms with Crippen molar-refractivity contribution in [3.63, 3.8) is 0 Å². The molecule has 0 atom stereocenters. The summed E-state index contributed by atoms with van der Waals surface area (Å²) < 4.78 is 2.49. The van der Waals surface area contributed by atoms with Crippen LogP contribution in [0.4, 0.5) is 10.5 Å². The summed E-state index contributed by atoms with van der Waals surface area (Å²) in [7, 11) is 0. The van der Waals surface area contributed by atoms with Crippen molar-refractivity contribution in [1.82, 2.24) is 18.9 Å². The molecule has 0 radical (unpaired) electrons. The summed E-state index contributed by atoms with van der Waals surface area (Å²) in [4.78, 5) is 57.5. The second kappa shape index (κ2) is 12.2. The molecule has 0 aliphatic carbocycles. The van der Waals surface area contributed by atoms with E-state index in [1.165, 1.54) is 27.1 Å². The van der Waals surface area contributed by atoms with E-state index in [2.05, 4.69) is 5.32 Å². The number of piperidine rings is 1. The molecular formula is C30H34ClN5O4S. The summed E-state index contributed by atoms with van der Waals surface area (Å²) in [6.07, 6.45) is 5.43. The van der Waals surface area contributed by atoms with Crippen molar-refractivity contribution in [2.24, 2.45) is 0 Å². The Morgan fingerprint density at radius 3 is 2.46 bits per heavy atom. The van der Waals surface area contributed by atoms with Gasteiger partial charge in [0.05, 0.1) is 10.6 Å². The zero-order valence-corrected chi connectivity index (χ0v) is 25.0. The fourth-order valence-corrected chi connectivity index (χ4v) is 6.62. The predicted molar refractivity (Wildman–Crippen MR) is 163 cm³/mol. The number of nitrogens with one attached hydrogen (secondary N) is 1. The van der Waals surface area contributed by atoms with Gasteiger partial charge in [0.25, 0.3) is 5.56 Å². The second-order valence-electron chi connectivity index (χ2n) is 10.7. The lowest BCUT2D eigenvalue weighted by Gasteiger charge is -2.38. The van der Waals surface area contributed by atoms with Crippen LogP contribution in [-0.4, -0.2) is 62.8 Å². The second-order valence-corrected chi connectivity index (χ2v) is 11.9. The number of aromatic nitrogens is 2. The van der Waals surface area contributed by atoms with Gasteiger partial charge in [-0.1, -0.05) is 41.9 Å². The van der Waals surface area contributed by atoms with Crippen molar-refractivity contribution in [3.05, 3.63) is 80.1 Å². The van der Waals surface area contributed by atoms with Gasteiger partial charge in [-0.2, -0.15) is 0 Å². The maximum atomic E-state index is 13.4. The van der Waals surface area contributed by atoms with E-state index >= 15 is 0 Å². The third kappa shape index (κ3) is 5.81. The molecule has 9 nitrogen and oxygen atoms in total. The molecule has 216 valence electrons. The smallest absolute Gasteiger partial charge is 0.331 e. The number of likely N-dealkylation sites (tertiary alicyclic amines) is 1. The van der Waals surface area contributed by atoms with Crippen LogP contribution in [0, 0.1) is 0 Å². The summed E-state index contributed by atoms with van der Waals surface area (Å²) >= 11 is 8.09. The summed E-state index contributed by atoms with van der Waals surface area (Å²) in [5.41, 5.74) is 1.80. The quantitative estimate of drug-likeness (QED) is 0.416. The average Bonchev–Trinajstić information content (AvgIpc) is 3.13. The molecule has 1 N–H and O–H groups in total. The number of nitrogens with zero attached hydrogens (tertiary/aromatic N) is 4. The number of benzene rings is 2. The first-order valence-electron chi connectivity index (χ1n) is 13.8. The number of halogens is 1. The molecule has 0 bridgehead atoms. The molecule has 3 aromatic rings. The number of thioether (sulfide) groups is 1. The number of hydrogen-bond donors (Lipinski definition) is 1. The first-order valence-corrected chi connectivity index (χ1v) is 15.4. The van der Waals surface area contributed by atoms with Crippen molar-refractivity contribution >= 4 is 41.0 Å². The number of para-hydroxylation sites is 1. The maximum absolute atomic E-state index is 13.4. The lowest BCUT2D eigenvalue weighted by Crippen LogP contribution is -2.51. The Bertz CT molecular complexity index is 1590. The van der Waals surface area contributed by atoms with Gasteiger partial charge in [-0.3, -0.25) is 18.7 Å². The Hall–Kier alpha value is -3.50. The summed E-state index contributed by atoms with van der Waals surface area (Å²) in [5, 5.41) is 3.46. The number of rotatable bonds is 6. The first-order chi connectivity index (χ1) is 19.7. The summed E-state index contributed by atoms with van der Waals surface area (Å²) in [6.45, 7) is 4.92. The highest BCUT2D eigenvalue weighted by atomic mass is 35.5. The molecule has 11 heteroatoms. The van der Waals surface area contributed by atoms with E-state index in [1.54, 1.807) is 24.8 Å². The molecular weight excluding hydrogens is 562 g/mol. The lowest BCUT2D eigenvalue weighted by atomic mass is 10.0. The largest absolute Gasteiger partial charge is 0.341 e. The number of hydrogen-bond acceptors (Lipinski definition) is 5. The van der Waals surface area contributed by atoms with E-state index in [-0.39, 0.29) is 30.1 Å². The van der Waals surface area contributed by atoms with Gasteiger partial charge in [0.1, 0.15) is 6.54 Å². The molecule has 1 fully saturated rings. The molecule has 2 aromatic carbocycles. The number of urea groups is 1. The van der Waals surface area contributed by atoms with Crippen LogP contribution < -0.4 is 16.6 Å². The average molecular weight is 596 g/mol. The molecule has 1 aromatic heterocycles. The topological polar surface area (TPSA) is 96.7 Å².